The lowest BCUT2D eigenvalue weighted by Gasteiger charge is -2.13. The lowest BCUT2D eigenvalue weighted by Crippen LogP contribution is -2.34. The summed E-state index contributed by atoms with van der Waals surface area (Å²) in [7, 11) is -1.76. The first-order valence-electron chi connectivity index (χ1n) is 6.00. The van der Waals surface area contributed by atoms with Gasteiger partial charge < -0.3 is 14.6 Å². The Morgan fingerprint density at radius 3 is 2.38 bits per heavy atom. The third-order valence-electron chi connectivity index (χ3n) is 2.98. The predicted molar refractivity (Wildman–Crippen MR) is 71.1 cm³/mol. The molecule has 0 saturated carbocycles. The zero-order chi connectivity index (χ0) is 15.6. The number of alkyl halides is 3. The number of benzene rings is 1. The molecule has 0 bridgehead atoms. The van der Waals surface area contributed by atoms with Crippen molar-refractivity contribution in [2.45, 2.75) is 12.7 Å². The fourth-order valence-corrected chi connectivity index (χ4v) is 1.94. The van der Waals surface area contributed by atoms with Crippen molar-refractivity contribution in [2.24, 2.45) is 0 Å². The van der Waals surface area contributed by atoms with E-state index in [0.29, 0.717) is 17.8 Å². The Hall–Kier alpha value is -2.06. The number of hydrogen-bond donors (Lipinski definition) is 2. The van der Waals surface area contributed by atoms with Crippen molar-refractivity contribution < 1.29 is 23.2 Å². The molecule has 0 radical (unpaired) electrons. The average Bonchev–Trinajstić information content (AvgIpc) is 2.40. The normalized spacial score (nSPS) is 11.5. The highest BCUT2D eigenvalue weighted by Crippen LogP contribution is 2.28. The molecule has 0 aliphatic heterocycles. The van der Waals surface area contributed by atoms with Gasteiger partial charge in [0.2, 0.25) is 0 Å². The van der Waals surface area contributed by atoms with Crippen LogP contribution < -0.4 is 11.0 Å². The molecule has 0 spiro atoms. The van der Waals surface area contributed by atoms with E-state index in [2.05, 4.69) is 0 Å². The van der Waals surface area contributed by atoms with Crippen LogP contribution in [0.2, 0.25) is 0 Å². The molecule has 4 nitrogen and oxygen atoms in total. The van der Waals surface area contributed by atoms with Gasteiger partial charge in [0.05, 0.1) is 12.1 Å². The van der Waals surface area contributed by atoms with Crippen molar-refractivity contribution in [3.63, 3.8) is 0 Å². The molecule has 21 heavy (non-hydrogen) atoms. The van der Waals surface area contributed by atoms with Crippen molar-refractivity contribution in [2.75, 3.05) is 0 Å². The van der Waals surface area contributed by atoms with E-state index in [1.165, 1.54) is 12.1 Å². The summed E-state index contributed by atoms with van der Waals surface area (Å²) in [5, 5.41) is 18.4. The molecule has 2 N–H and O–H groups in total. The molecule has 0 saturated heterocycles. The van der Waals surface area contributed by atoms with E-state index < -0.39 is 24.4 Å². The smallest absolute Gasteiger partial charge is 0.423 e. The zero-order valence-corrected chi connectivity index (χ0v) is 10.7. The summed E-state index contributed by atoms with van der Waals surface area (Å²) in [5.74, 6) is 0. The second-order valence-electron chi connectivity index (χ2n) is 4.45. The third-order valence-corrected chi connectivity index (χ3v) is 2.98. The molecule has 0 fully saturated rings. The van der Waals surface area contributed by atoms with Gasteiger partial charge >= 0.3 is 13.3 Å². The van der Waals surface area contributed by atoms with Crippen molar-refractivity contribution in [1.29, 1.82) is 0 Å². The highest BCUT2D eigenvalue weighted by atomic mass is 19.4. The Morgan fingerprint density at radius 2 is 1.76 bits per heavy atom. The molecule has 1 aromatic carbocycles. The number of aromatic nitrogens is 1. The molecule has 0 aliphatic carbocycles. The number of nitrogens with zero attached hydrogens (tertiary/aromatic N) is 1. The lowest BCUT2D eigenvalue weighted by atomic mass is 9.77. The maximum Gasteiger partial charge on any atom is 0.488 e. The van der Waals surface area contributed by atoms with E-state index in [1.807, 2.05) is 0 Å². The third kappa shape index (κ3) is 3.53. The minimum absolute atomic E-state index is 0.141. The van der Waals surface area contributed by atoms with Gasteiger partial charge in [-0.15, -0.1) is 0 Å². The molecular formula is C13H11BF3NO3. The van der Waals surface area contributed by atoms with Crippen LogP contribution in [0.1, 0.15) is 11.1 Å². The van der Waals surface area contributed by atoms with Gasteiger partial charge in [-0.05, 0) is 17.1 Å². The van der Waals surface area contributed by atoms with Gasteiger partial charge in [0.15, 0.2) is 0 Å². The molecule has 0 amide bonds. The van der Waals surface area contributed by atoms with Crippen molar-refractivity contribution in [3.05, 3.63) is 64.1 Å². The van der Waals surface area contributed by atoms with Crippen LogP contribution in [0.4, 0.5) is 13.2 Å². The van der Waals surface area contributed by atoms with Crippen molar-refractivity contribution in [3.8, 4) is 0 Å². The van der Waals surface area contributed by atoms with Crippen LogP contribution in [0.5, 0.6) is 0 Å². The van der Waals surface area contributed by atoms with Crippen LogP contribution in [0.15, 0.2) is 47.4 Å². The first-order chi connectivity index (χ1) is 9.79. The Labute approximate surface area is 118 Å². The van der Waals surface area contributed by atoms with Gasteiger partial charge in [0.25, 0.3) is 5.56 Å². The quantitative estimate of drug-likeness (QED) is 0.815. The topological polar surface area (TPSA) is 62.5 Å². The zero-order valence-electron chi connectivity index (χ0n) is 10.7. The summed E-state index contributed by atoms with van der Waals surface area (Å²) in [6.45, 7) is -0.184. The SMILES string of the molecule is O=c1ccc(C(F)(F)F)cn1Cc1ccccc1B(O)O. The van der Waals surface area contributed by atoms with Crippen LogP contribution in [-0.4, -0.2) is 21.7 Å². The Bertz CT molecular complexity index is 698. The maximum atomic E-state index is 12.7. The second kappa shape index (κ2) is 5.75. The average molecular weight is 297 g/mol. The minimum atomic E-state index is -4.55. The summed E-state index contributed by atoms with van der Waals surface area (Å²) in [6, 6.07) is 7.65. The van der Waals surface area contributed by atoms with Crippen LogP contribution in [0.3, 0.4) is 0 Å². The monoisotopic (exact) mass is 297 g/mol. The molecule has 0 atom stereocenters. The molecule has 0 aliphatic rings. The highest BCUT2D eigenvalue weighted by Gasteiger charge is 2.31. The van der Waals surface area contributed by atoms with E-state index in [0.717, 1.165) is 10.6 Å². The summed E-state index contributed by atoms with van der Waals surface area (Å²) >= 11 is 0. The maximum absolute atomic E-state index is 12.7. The van der Waals surface area contributed by atoms with Gasteiger partial charge in [-0.25, -0.2) is 0 Å². The minimum Gasteiger partial charge on any atom is -0.423 e. The van der Waals surface area contributed by atoms with Crippen LogP contribution >= 0.6 is 0 Å². The highest BCUT2D eigenvalue weighted by molar-refractivity contribution is 6.59. The molecule has 2 rings (SSSR count). The standard InChI is InChI=1S/C13H11BF3NO3/c15-13(16,17)10-5-6-12(19)18(8-10)7-9-3-1-2-4-11(9)14(20)21/h1-6,8,20-21H,7H2. The number of rotatable bonds is 3. The summed E-state index contributed by atoms with van der Waals surface area (Å²) in [6.07, 6.45) is -3.84. The largest absolute Gasteiger partial charge is 0.488 e. The Balaban J connectivity index is 2.43. The first kappa shape index (κ1) is 15.3. The summed E-state index contributed by atoms with van der Waals surface area (Å²) in [4.78, 5) is 11.7. The van der Waals surface area contributed by atoms with E-state index in [9.17, 15) is 28.0 Å². The predicted octanol–water partition coefficient (Wildman–Crippen LogP) is 0.595. The van der Waals surface area contributed by atoms with E-state index >= 15 is 0 Å². The second-order valence-corrected chi connectivity index (χ2v) is 4.45. The Morgan fingerprint density at radius 1 is 1.10 bits per heavy atom. The summed E-state index contributed by atoms with van der Waals surface area (Å²) in [5.41, 5.74) is -1.05. The van der Waals surface area contributed by atoms with Crippen LogP contribution in [0, 0.1) is 0 Å². The fourth-order valence-electron chi connectivity index (χ4n) is 1.94. The van der Waals surface area contributed by atoms with E-state index in [-0.39, 0.29) is 12.0 Å². The van der Waals surface area contributed by atoms with Crippen LogP contribution in [0.25, 0.3) is 0 Å². The molecule has 1 aromatic heterocycles. The molecule has 8 heteroatoms. The van der Waals surface area contributed by atoms with Gasteiger partial charge in [-0.2, -0.15) is 13.2 Å². The Kier molecular flexibility index (Phi) is 4.20. The molecule has 2 aromatic rings. The van der Waals surface area contributed by atoms with E-state index in [4.69, 9.17) is 0 Å². The molecule has 110 valence electrons. The van der Waals surface area contributed by atoms with Gasteiger partial charge in [-0.1, -0.05) is 24.3 Å². The van der Waals surface area contributed by atoms with Crippen molar-refractivity contribution >= 4 is 12.6 Å². The van der Waals surface area contributed by atoms with Crippen LogP contribution in [-0.2, 0) is 12.7 Å². The fraction of sp³-hybridized carbons (Fsp3) is 0.154. The number of halogens is 3. The number of pyridine rings is 1. The molecule has 0 unspecified atom stereocenters. The van der Waals surface area contributed by atoms with Crippen molar-refractivity contribution in [1.82, 2.24) is 4.57 Å². The van der Waals surface area contributed by atoms with Gasteiger partial charge in [0, 0.05) is 12.3 Å². The number of hydrogen-bond acceptors (Lipinski definition) is 3. The molecule has 1 heterocycles. The van der Waals surface area contributed by atoms with Gasteiger partial charge in [-0.3, -0.25) is 4.79 Å². The lowest BCUT2D eigenvalue weighted by molar-refractivity contribution is -0.138. The first-order valence-corrected chi connectivity index (χ1v) is 6.00. The van der Waals surface area contributed by atoms with Gasteiger partial charge in [0.1, 0.15) is 0 Å². The summed E-state index contributed by atoms with van der Waals surface area (Å²) < 4.78 is 38.8. The van der Waals surface area contributed by atoms with E-state index in [1.54, 1.807) is 12.1 Å². The molecular weight excluding hydrogens is 286 g/mol.